The number of nitrogens with two attached hydrogens (primary N) is 2. The summed E-state index contributed by atoms with van der Waals surface area (Å²) in [6.07, 6.45) is 0. The molecule has 0 atom stereocenters. The molecule has 0 bridgehead atoms. The number of anilines is 2. The Balaban J connectivity index is 1.53. The second-order valence-corrected chi connectivity index (χ2v) is 4.23. The Labute approximate surface area is 144 Å². The van der Waals surface area contributed by atoms with Crippen LogP contribution in [-0.4, -0.2) is 41.3 Å². The number of nitrogens with zero attached hydrogens (tertiary/aromatic N) is 12. The minimum atomic E-state index is -0.247. The SMILES string of the molecule is Nc1nonc1N=Nc1nonc1Oc1nonc1N=Nc1nonc1N. The van der Waals surface area contributed by atoms with Crippen molar-refractivity contribution in [1.82, 2.24) is 41.3 Å². The predicted molar refractivity (Wildman–Crippen MR) is 74.4 cm³/mol. The van der Waals surface area contributed by atoms with E-state index in [1.807, 2.05) is 0 Å². The molecule has 0 saturated heterocycles. The van der Waals surface area contributed by atoms with Gasteiger partial charge in [0.15, 0.2) is 0 Å². The van der Waals surface area contributed by atoms with Crippen molar-refractivity contribution in [2.45, 2.75) is 0 Å². The Bertz CT molecular complexity index is 1020. The van der Waals surface area contributed by atoms with E-state index in [0.717, 1.165) is 0 Å². The molecule has 19 nitrogen and oxygen atoms in total. The molecule has 4 rings (SSSR count). The Hall–Kier alpha value is -4.84. The highest BCUT2D eigenvalue weighted by Crippen LogP contribution is 2.33. The van der Waals surface area contributed by atoms with E-state index < -0.39 is 0 Å². The summed E-state index contributed by atoms with van der Waals surface area (Å²) in [6, 6.07) is 0. The van der Waals surface area contributed by atoms with Gasteiger partial charge in [-0.3, -0.25) is 0 Å². The summed E-state index contributed by atoms with van der Waals surface area (Å²) < 4.78 is 23.1. The summed E-state index contributed by atoms with van der Waals surface area (Å²) in [4.78, 5) is 0. The molecule has 4 N–H and O–H groups in total. The monoisotopic (exact) mass is 376 g/mol. The molecule has 136 valence electrons. The third-order valence-electron chi connectivity index (χ3n) is 2.55. The highest BCUT2D eigenvalue weighted by atomic mass is 16.6. The molecule has 0 aliphatic carbocycles. The zero-order valence-electron chi connectivity index (χ0n) is 12.6. The van der Waals surface area contributed by atoms with Crippen molar-refractivity contribution in [3.05, 3.63) is 0 Å². The van der Waals surface area contributed by atoms with E-state index in [-0.39, 0.29) is 46.7 Å². The number of hydrogen-bond acceptors (Lipinski definition) is 19. The van der Waals surface area contributed by atoms with Gasteiger partial charge in [0.1, 0.15) is 0 Å². The fourth-order valence-electron chi connectivity index (χ4n) is 1.40. The number of hydrogen-bond donors (Lipinski definition) is 2. The summed E-state index contributed by atoms with van der Waals surface area (Å²) in [6.45, 7) is 0. The Morgan fingerprint density at radius 3 is 1.30 bits per heavy atom. The van der Waals surface area contributed by atoms with Gasteiger partial charge in [-0.15, -0.1) is 20.5 Å². The van der Waals surface area contributed by atoms with Crippen molar-refractivity contribution in [3.63, 3.8) is 0 Å². The average molecular weight is 376 g/mol. The Morgan fingerprint density at radius 2 is 0.889 bits per heavy atom. The third-order valence-corrected chi connectivity index (χ3v) is 2.55. The topological polar surface area (TPSA) is 266 Å². The van der Waals surface area contributed by atoms with Crippen LogP contribution >= 0.6 is 0 Å². The number of nitrogen functional groups attached to an aromatic ring is 2. The zero-order chi connectivity index (χ0) is 18.6. The van der Waals surface area contributed by atoms with Crippen LogP contribution in [0.3, 0.4) is 0 Å². The number of rotatable bonds is 6. The molecule has 0 aliphatic rings. The van der Waals surface area contributed by atoms with Crippen molar-refractivity contribution in [2.75, 3.05) is 11.5 Å². The van der Waals surface area contributed by atoms with E-state index in [9.17, 15) is 0 Å². The summed E-state index contributed by atoms with van der Waals surface area (Å²) in [7, 11) is 0. The molecule has 0 amide bonds. The fraction of sp³-hybridized carbons (Fsp3) is 0. The fourth-order valence-corrected chi connectivity index (χ4v) is 1.40. The maximum Gasteiger partial charge on any atom is 0.311 e. The van der Waals surface area contributed by atoms with Crippen LogP contribution in [0.25, 0.3) is 0 Å². The van der Waals surface area contributed by atoms with Crippen LogP contribution in [-0.2, 0) is 0 Å². The van der Waals surface area contributed by atoms with E-state index in [0.29, 0.717) is 0 Å². The van der Waals surface area contributed by atoms with Crippen LogP contribution in [0.1, 0.15) is 0 Å². The van der Waals surface area contributed by atoms with E-state index in [4.69, 9.17) is 16.2 Å². The molecule has 4 aromatic rings. The molecular formula is C8H4N14O5. The van der Waals surface area contributed by atoms with Gasteiger partial charge >= 0.3 is 11.8 Å². The Kier molecular flexibility index (Phi) is 3.82. The molecule has 0 fully saturated rings. The van der Waals surface area contributed by atoms with Crippen LogP contribution in [0.15, 0.2) is 39.0 Å². The van der Waals surface area contributed by atoms with Gasteiger partial charge in [0.25, 0.3) is 23.3 Å². The summed E-state index contributed by atoms with van der Waals surface area (Å²) >= 11 is 0. The molecule has 0 radical (unpaired) electrons. The molecule has 0 unspecified atom stereocenters. The second-order valence-electron chi connectivity index (χ2n) is 4.23. The lowest BCUT2D eigenvalue weighted by molar-refractivity contribution is 0.272. The van der Waals surface area contributed by atoms with Crippen LogP contribution in [0.5, 0.6) is 11.8 Å². The van der Waals surface area contributed by atoms with Crippen molar-refractivity contribution in [3.8, 4) is 11.8 Å². The lowest BCUT2D eigenvalue weighted by atomic mass is 10.6. The maximum atomic E-state index is 5.44. The standard InChI is InChI=1S/C8H4N14O5/c9-1-3(17-24-15-1)11-13-5-7(21-26-19-5)23-8-6(20-27-22-8)14-12-4-2(10)16-25-18-4/h(H2,9,15)(H2,10,16). The first-order valence-electron chi connectivity index (χ1n) is 6.53. The van der Waals surface area contributed by atoms with Gasteiger partial charge in [-0.2, -0.15) is 0 Å². The van der Waals surface area contributed by atoms with Gasteiger partial charge in [-0.1, -0.05) is 0 Å². The van der Waals surface area contributed by atoms with Gasteiger partial charge in [0, 0.05) is 0 Å². The van der Waals surface area contributed by atoms with E-state index in [1.165, 1.54) is 0 Å². The third kappa shape index (κ3) is 3.21. The van der Waals surface area contributed by atoms with E-state index in [2.05, 4.69) is 80.2 Å². The predicted octanol–water partition coefficient (Wildman–Crippen LogP) is 1.01. The molecule has 4 aromatic heterocycles. The largest absolute Gasteiger partial charge is 0.408 e. The van der Waals surface area contributed by atoms with E-state index >= 15 is 0 Å². The molecule has 19 heteroatoms. The molecule has 0 spiro atoms. The summed E-state index contributed by atoms with van der Waals surface area (Å²) in [5.41, 5.74) is 10.9. The van der Waals surface area contributed by atoms with Crippen LogP contribution in [0, 0.1) is 0 Å². The average Bonchev–Trinajstić information content (AvgIpc) is 3.43. The van der Waals surface area contributed by atoms with Gasteiger partial charge in [-0.05, 0) is 41.3 Å². The number of ether oxygens (including phenoxy) is 1. The van der Waals surface area contributed by atoms with Crippen LogP contribution in [0.4, 0.5) is 34.9 Å². The minimum absolute atomic E-state index is 0.0808. The zero-order valence-corrected chi connectivity index (χ0v) is 12.6. The smallest absolute Gasteiger partial charge is 0.311 e. The summed E-state index contributed by atoms with van der Waals surface area (Å²) in [5.74, 6) is -1.19. The molecular weight excluding hydrogens is 372 g/mol. The highest BCUT2D eigenvalue weighted by molar-refractivity contribution is 5.50. The van der Waals surface area contributed by atoms with Crippen LogP contribution in [0.2, 0.25) is 0 Å². The van der Waals surface area contributed by atoms with Crippen molar-refractivity contribution < 1.29 is 23.3 Å². The van der Waals surface area contributed by atoms with Gasteiger partial charge in [0.05, 0.1) is 0 Å². The number of azo groups is 2. The first kappa shape index (κ1) is 15.7. The summed E-state index contributed by atoms with van der Waals surface area (Å²) in [5, 5.41) is 42.1. The minimum Gasteiger partial charge on any atom is -0.408 e. The second kappa shape index (κ2) is 6.58. The van der Waals surface area contributed by atoms with E-state index in [1.54, 1.807) is 0 Å². The lowest BCUT2D eigenvalue weighted by Gasteiger charge is -1.94. The molecule has 27 heavy (non-hydrogen) atoms. The van der Waals surface area contributed by atoms with Crippen LogP contribution < -0.4 is 16.2 Å². The quantitative estimate of drug-likeness (QED) is 0.444. The van der Waals surface area contributed by atoms with Crippen molar-refractivity contribution in [1.29, 1.82) is 0 Å². The van der Waals surface area contributed by atoms with Gasteiger partial charge in [-0.25, -0.2) is 18.5 Å². The first-order chi connectivity index (χ1) is 13.2. The molecule has 4 heterocycles. The first-order valence-corrected chi connectivity index (χ1v) is 6.53. The molecule has 0 aromatic carbocycles. The highest BCUT2D eigenvalue weighted by Gasteiger charge is 2.19. The Morgan fingerprint density at radius 1 is 0.519 bits per heavy atom. The maximum absolute atomic E-state index is 5.44. The number of aromatic nitrogens is 8. The van der Waals surface area contributed by atoms with Gasteiger partial charge in [0.2, 0.25) is 11.6 Å². The van der Waals surface area contributed by atoms with Crippen molar-refractivity contribution in [2.24, 2.45) is 20.5 Å². The van der Waals surface area contributed by atoms with Crippen molar-refractivity contribution >= 4 is 34.9 Å². The van der Waals surface area contributed by atoms with Gasteiger partial charge < -0.3 is 16.2 Å². The lowest BCUT2D eigenvalue weighted by Crippen LogP contribution is -1.85. The molecule has 0 aliphatic heterocycles. The molecule has 0 saturated carbocycles. The normalized spacial score (nSPS) is 11.7.